The summed E-state index contributed by atoms with van der Waals surface area (Å²) in [5.41, 5.74) is 5.90. The summed E-state index contributed by atoms with van der Waals surface area (Å²) >= 11 is 4.56. The molecular weight excluding hydrogens is 550 g/mol. The molecule has 5 aromatic rings. The minimum atomic E-state index is -0.951. The summed E-state index contributed by atoms with van der Waals surface area (Å²) < 4.78 is 0. The first-order valence-electron chi connectivity index (χ1n) is 14.8. The summed E-state index contributed by atoms with van der Waals surface area (Å²) in [4.78, 5) is 33.0. The Morgan fingerprint density at radius 1 is 0.744 bits per heavy atom. The van der Waals surface area contributed by atoms with Crippen molar-refractivity contribution in [1.29, 1.82) is 0 Å². The van der Waals surface area contributed by atoms with E-state index in [0.29, 0.717) is 22.6 Å². The van der Waals surface area contributed by atoms with Crippen molar-refractivity contribution in [2.24, 2.45) is 0 Å². The van der Waals surface area contributed by atoms with Crippen molar-refractivity contribution >= 4 is 45.9 Å². The molecule has 1 heterocycles. The number of aryl methyl sites for hydroxylation is 2. The van der Waals surface area contributed by atoms with Gasteiger partial charge in [0.1, 0.15) is 11.7 Å². The van der Waals surface area contributed by atoms with Gasteiger partial charge in [0, 0.05) is 21.4 Å². The second kappa shape index (κ2) is 10.3. The van der Waals surface area contributed by atoms with E-state index < -0.39 is 5.92 Å². The number of phenolic OH excluding ortho intramolecular Hbond substituents is 1. The zero-order valence-electron chi connectivity index (χ0n) is 25.6. The zero-order valence-corrected chi connectivity index (χ0v) is 26.5. The third-order valence-corrected chi connectivity index (χ3v) is 9.03. The van der Waals surface area contributed by atoms with Gasteiger partial charge in [-0.15, -0.1) is 12.6 Å². The lowest BCUT2D eigenvalue weighted by Crippen LogP contribution is -2.18. The molecule has 218 valence electrons. The van der Waals surface area contributed by atoms with E-state index in [4.69, 9.17) is 4.98 Å². The first kappa shape index (κ1) is 29.1. The van der Waals surface area contributed by atoms with E-state index in [1.54, 1.807) is 6.07 Å². The molecule has 0 spiro atoms. The van der Waals surface area contributed by atoms with Crippen molar-refractivity contribution in [2.45, 2.75) is 76.0 Å². The Hall–Kier alpha value is -3.96. The normalized spacial score (nSPS) is 15.5. The van der Waals surface area contributed by atoms with Crippen LogP contribution in [-0.2, 0) is 23.7 Å². The molecule has 1 aliphatic carbocycles. The standard InChI is InChI=1S/C38H37NO3S/c1-37(2,3)28-17-21(18-29(36(28)42)38(4,5)6)13-14-22-9-7-10-23-15-16-30(39-33(22)23)32-34(40)26-19-24-11-8-12-31(43)25(24)20-27(26)35(32)41/h7-12,15-20,32,42-43H,13-14H2,1-6H3. The van der Waals surface area contributed by atoms with Crippen molar-refractivity contribution in [1.82, 2.24) is 4.98 Å². The van der Waals surface area contributed by atoms with Crippen LogP contribution in [0.4, 0.5) is 0 Å². The summed E-state index contributed by atoms with van der Waals surface area (Å²) in [7, 11) is 0. The summed E-state index contributed by atoms with van der Waals surface area (Å²) in [6, 6.07) is 23.5. The Bertz CT molecular complexity index is 1920. The van der Waals surface area contributed by atoms with Crippen LogP contribution in [0.5, 0.6) is 5.75 Å². The molecule has 1 unspecified atom stereocenters. The number of aromatic nitrogens is 1. The fourth-order valence-corrected chi connectivity index (χ4v) is 6.54. The maximum absolute atomic E-state index is 13.6. The van der Waals surface area contributed by atoms with Crippen LogP contribution in [0.15, 0.2) is 77.7 Å². The Balaban J connectivity index is 1.36. The number of carbonyl (C=O) groups excluding carboxylic acids is 2. The minimum Gasteiger partial charge on any atom is -0.507 e. The topological polar surface area (TPSA) is 67.3 Å². The number of Topliss-reactive ketones (excluding diaryl/α,β-unsaturated/α-hetero) is 2. The molecular formula is C38H37NO3S. The molecule has 43 heavy (non-hydrogen) atoms. The number of rotatable bonds is 4. The molecule has 1 aromatic heterocycles. The molecule has 4 nitrogen and oxygen atoms in total. The Morgan fingerprint density at radius 2 is 1.35 bits per heavy atom. The van der Waals surface area contributed by atoms with Crippen LogP contribution in [0, 0.1) is 0 Å². The number of hydrogen-bond acceptors (Lipinski definition) is 5. The molecule has 0 radical (unpaired) electrons. The van der Waals surface area contributed by atoms with Crippen molar-refractivity contribution in [3.63, 3.8) is 0 Å². The number of pyridine rings is 1. The van der Waals surface area contributed by atoms with E-state index in [1.807, 2.05) is 48.5 Å². The molecule has 6 rings (SSSR count). The fourth-order valence-electron chi connectivity index (χ4n) is 6.26. The lowest BCUT2D eigenvalue weighted by Gasteiger charge is -2.28. The average Bonchev–Trinajstić information content (AvgIpc) is 3.18. The molecule has 5 heteroatoms. The first-order valence-corrected chi connectivity index (χ1v) is 15.3. The first-order chi connectivity index (χ1) is 20.2. The monoisotopic (exact) mass is 587 g/mol. The molecule has 4 aromatic carbocycles. The smallest absolute Gasteiger partial charge is 0.180 e. The number of para-hydroxylation sites is 1. The van der Waals surface area contributed by atoms with E-state index in [1.165, 1.54) is 0 Å². The van der Waals surface area contributed by atoms with Crippen molar-refractivity contribution < 1.29 is 14.7 Å². The number of phenols is 1. The lowest BCUT2D eigenvalue weighted by atomic mass is 9.78. The summed E-state index contributed by atoms with van der Waals surface area (Å²) in [6.07, 6.45) is 1.50. The maximum Gasteiger partial charge on any atom is 0.180 e. The van der Waals surface area contributed by atoms with Gasteiger partial charge in [-0.25, -0.2) is 0 Å². The van der Waals surface area contributed by atoms with Gasteiger partial charge in [-0.2, -0.15) is 0 Å². The van der Waals surface area contributed by atoms with Gasteiger partial charge in [0.05, 0.1) is 11.2 Å². The molecule has 0 bridgehead atoms. The van der Waals surface area contributed by atoms with Crippen molar-refractivity contribution in [2.75, 3.05) is 0 Å². The fraction of sp³-hybridized carbons (Fsp3) is 0.289. The number of ketones is 2. The molecule has 1 atom stereocenters. The minimum absolute atomic E-state index is 0.200. The highest BCUT2D eigenvalue weighted by atomic mass is 32.1. The lowest BCUT2D eigenvalue weighted by molar-refractivity contribution is 0.0888. The maximum atomic E-state index is 13.6. The van der Waals surface area contributed by atoms with Crippen LogP contribution < -0.4 is 0 Å². The van der Waals surface area contributed by atoms with Crippen molar-refractivity contribution in [3.05, 3.63) is 112 Å². The second-order valence-electron chi connectivity index (χ2n) is 13.8. The highest BCUT2D eigenvalue weighted by Gasteiger charge is 2.41. The van der Waals surface area contributed by atoms with E-state index in [2.05, 4.69) is 72.4 Å². The molecule has 0 fully saturated rings. The summed E-state index contributed by atoms with van der Waals surface area (Å²) in [5, 5.41) is 13.9. The third kappa shape index (κ3) is 5.14. The molecule has 0 amide bonds. The van der Waals surface area contributed by atoms with Crippen LogP contribution >= 0.6 is 12.6 Å². The van der Waals surface area contributed by atoms with Gasteiger partial charge in [0.2, 0.25) is 0 Å². The Kier molecular flexibility index (Phi) is 7.00. The van der Waals surface area contributed by atoms with Gasteiger partial charge in [0.15, 0.2) is 11.6 Å². The van der Waals surface area contributed by atoms with Gasteiger partial charge in [-0.05, 0) is 81.0 Å². The number of hydrogen-bond donors (Lipinski definition) is 2. The second-order valence-corrected chi connectivity index (χ2v) is 14.3. The van der Waals surface area contributed by atoms with Crippen LogP contribution in [-0.4, -0.2) is 21.7 Å². The SMILES string of the molecule is CC(C)(C)c1cc(CCc2cccc3ccc(C4C(=O)c5cc6cccc(S)c6cc5C4=O)nc23)cc(C(C)(C)C)c1O. The van der Waals surface area contributed by atoms with E-state index in [0.717, 1.165) is 61.7 Å². The number of thiol groups is 1. The number of aromatic hydroxyl groups is 1. The largest absolute Gasteiger partial charge is 0.507 e. The molecule has 0 saturated heterocycles. The number of carbonyl (C=O) groups is 2. The Labute approximate surface area is 258 Å². The van der Waals surface area contributed by atoms with E-state index >= 15 is 0 Å². The van der Waals surface area contributed by atoms with Gasteiger partial charge < -0.3 is 5.11 Å². The zero-order chi connectivity index (χ0) is 30.8. The van der Waals surface area contributed by atoms with E-state index in [-0.39, 0.29) is 22.4 Å². The number of fused-ring (bicyclic) bond motifs is 3. The highest BCUT2D eigenvalue weighted by Crippen LogP contribution is 2.41. The van der Waals surface area contributed by atoms with Crippen LogP contribution in [0.3, 0.4) is 0 Å². The Morgan fingerprint density at radius 3 is 2.00 bits per heavy atom. The van der Waals surface area contributed by atoms with Gasteiger partial charge >= 0.3 is 0 Å². The summed E-state index contributed by atoms with van der Waals surface area (Å²) in [5.74, 6) is -0.986. The van der Waals surface area contributed by atoms with Crippen LogP contribution in [0.1, 0.15) is 96.1 Å². The predicted octanol–water partition coefficient (Wildman–Crippen LogP) is 8.93. The van der Waals surface area contributed by atoms with Gasteiger partial charge in [0.25, 0.3) is 0 Å². The van der Waals surface area contributed by atoms with E-state index in [9.17, 15) is 14.7 Å². The van der Waals surface area contributed by atoms with Crippen molar-refractivity contribution in [3.8, 4) is 5.75 Å². The quantitative estimate of drug-likeness (QED) is 0.163. The molecule has 1 aliphatic rings. The number of benzene rings is 4. The third-order valence-electron chi connectivity index (χ3n) is 8.64. The highest BCUT2D eigenvalue weighted by molar-refractivity contribution is 7.80. The molecule has 0 aliphatic heterocycles. The van der Waals surface area contributed by atoms with Gasteiger partial charge in [-0.1, -0.05) is 90.1 Å². The average molecular weight is 588 g/mol. The predicted molar refractivity (Wildman–Crippen MR) is 177 cm³/mol. The molecule has 0 saturated carbocycles. The van der Waals surface area contributed by atoms with Crippen LogP contribution in [0.25, 0.3) is 21.7 Å². The number of nitrogens with zero attached hydrogens (tertiary/aromatic N) is 1. The summed E-state index contributed by atoms with van der Waals surface area (Å²) in [6.45, 7) is 12.7. The van der Waals surface area contributed by atoms with Gasteiger partial charge in [-0.3, -0.25) is 14.6 Å². The van der Waals surface area contributed by atoms with Crippen LogP contribution in [0.2, 0.25) is 0 Å². The molecule has 1 N–H and O–H groups in total.